The van der Waals surface area contributed by atoms with Crippen LogP contribution in [-0.4, -0.2) is 67.2 Å². The van der Waals surface area contributed by atoms with E-state index in [-0.39, 0.29) is 12.6 Å². The lowest BCUT2D eigenvalue weighted by atomic mass is 10.1. The van der Waals surface area contributed by atoms with Crippen LogP contribution in [0.15, 0.2) is 0 Å². The SMILES string of the molecule is CN1CCCC(NC(=O)NCC(=O)NCC(=O)O)C1. The van der Waals surface area contributed by atoms with Crippen LogP contribution in [0.25, 0.3) is 0 Å². The van der Waals surface area contributed by atoms with Gasteiger partial charge in [-0.15, -0.1) is 0 Å². The second-order valence-corrected chi connectivity index (χ2v) is 4.60. The number of likely N-dealkylation sites (N-methyl/N-ethyl adjacent to an activating group) is 1. The molecular formula is C11H20N4O4. The van der Waals surface area contributed by atoms with Gasteiger partial charge in [-0.3, -0.25) is 9.59 Å². The van der Waals surface area contributed by atoms with Crippen molar-refractivity contribution >= 4 is 17.9 Å². The molecule has 0 aromatic heterocycles. The van der Waals surface area contributed by atoms with Crippen LogP contribution in [0.2, 0.25) is 0 Å². The number of piperidine rings is 1. The first-order valence-electron chi connectivity index (χ1n) is 6.19. The number of nitrogens with one attached hydrogen (secondary N) is 3. The number of nitrogens with zero attached hydrogens (tertiary/aromatic N) is 1. The normalized spacial score (nSPS) is 19.5. The maximum absolute atomic E-state index is 11.5. The molecule has 1 unspecified atom stereocenters. The van der Waals surface area contributed by atoms with Gasteiger partial charge in [0.1, 0.15) is 6.54 Å². The topological polar surface area (TPSA) is 111 Å². The third-order valence-electron chi connectivity index (χ3n) is 2.81. The summed E-state index contributed by atoms with van der Waals surface area (Å²) in [5, 5.41) is 15.7. The molecule has 0 radical (unpaired) electrons. The molecule has 1 atom stereocenters. The van der Waals surface area contributed by atoms with Crippen LogP contribution in [0.3, 0.4) is 0 Å². The summed E-state index contributed by atoms with van der Waals surface area (Å²) in [4.78, 5) is 35.0. The Labute approximate surface area is 111 Å². The summed E-state index contributed by atoms with van der Waals surface area (Å²) < 4.78 is 0. The van der Waals surface area contributed by atoms with Gasteiger partial charge >= 0.3 is 12.0 Å². The van der Waals surface area contributed by atoms with Crippen molar-refractivity contribution in [1.29, 1.82) is 0 Å². The average Bonchev–Trinajstić information content (AvgIpc) is 2.34. The maximum Gasteiger partial charge on any atom is 0.322 e. The van der Waals surface area contributed by atoms with E-state index in [0.717, 1.165) is 25.9 Å². The van der Waals surface area contributed by atoms with Crippen LogP contribution in [0, 0.1) is 0 Å². The minimum atomic E-state index is -1.12. The fraction of sp³-hybridized carbons (Fsp3) is 0.727. The molecule has 1 aliphatic heterocycles. The molecule has 1 rings (SSSR count). The van der Waals surface area contributed by atoms with Crippen LogP contribution < -0.4 is 16.0 Å². The molecule has 1 saturated heterocycles. The molecule has 0 saturated carbocycles. The van der Waals surface area contributed by atoms with Crippen LogP contribution in [0.1, 0.15) is 12.8 Å². The highest BCUT2D eigenvalue weighted by molar-refractivity contribution is 5.86. The Kier molecular flexibility index (Phi) is 6.07. The smallest absolute Gasteiger partial charge is 0.322 e. The predicted molar refractivity (Wildman–Crippen MR) is 67.7 cm³/mol. The third-order valence-corrected chi connectivity index (χ3v) is 2.81. The highest BCUT2D eigenvalue weighted by Crippen LogP contribution is 2.07. The van der Waals surface area contributed by atoms with E-state index in [4.69, 9.17) is 5.11 Å². The lowest BCUT2D eigenvalue weighted by molar-refractivity contribution is -0.137. The van der Waals surface area contributed by atoms with E-state index in [1.807, 2.05) is 7.05 Å². The molecule has 0 spiro atoms. The summed E-state index contributed by atoms with van der Waals surface area (Å²) in [5.74, 6) is -1.65. The number of carbonyl (C=O) groups excluding carboxylic acids is 2. The maximum atomic E-state index is 11.5. The fourth-order valence-corrected chi connectivity index (χ4v) is 1.92. The van der Waals surface area contributed by atoms with Crippen LogP contribution in [0.5, 0.6) is 0 Å². The van der Waals surface area contributed by atoms with E-state index in [0.29, 0.717) is 0 Å². The van der Waals surface area contributed by atoms with Gasteiger partial charge in [-0.25, -0.2) is 4.79 Å². The zero-order valence-corrected chi connectivity index (χ0v) is 10.9. The third kappa shape index (κ3) is 6.61. The lowest BCUT2D eigenvalue weighted by Crippen LogP contribution is -2.51. The zero-order chi connectivity index (χ0) is 14.3. The molecule has 0 bridgehead atoms. The monoisotopic (exact) mass is 272 g/mol. The molecule has 19 heavy (non-hydrogen) atoms. The van der Waals surface area contributed by atoms with Gasteiger partial charge < -0.3 is 26.0 Å². The molecule has 1 fully saturated rings. The number of aliphatic carboxylic acids is 1. The Bertz CT molecular complexity index is 348. The highest BCUT2D eigenvalue weighted by Gasteiger charge is 2.18. The van der Waals surface area contributed by atoms with Crippen molar-refractivity contribution in [3.63, 3.8) is 0 Å². The van der Waals surface area contributed by atoms with E-state index in [9.17, 15) is 14.4 Å². The van der Waals surface area contributed by atoms with E-state index in [1.54, 1.807) is 0 Å². The Balaban J connectivity index is 2.16. The summed E-state index contributed by atoms with van der Waals surface area (Å²) in [6.45, 7) is 1.13. The quantitative estimate of drug-likeness (QED) is 0.491. The minimum absolute atomic E-state index is 0.0841. The molecular weight excluding hydrogens is 252 g/mol. The summed E-state index contributed by atoms with van der Waals surface area (Å²) >= 11 is 0. The molecule has 1 aliphatic rings. The summed E-state index contributed by atoms with van der Waals surface area (Å²) in [7, 11) is 1.99. The first kappa shape index (κ1) is 15.2. The summed E-state index contributed by atoms with van der Waals surface area (Å²) in [5.41, 5.74) is 0. The molecule has 0 aliphatic carbocycles. The van der Waals surface area contributed by atoms with E-state index < -0.39 is 24.5 Å². The van der Waals surface area contributed by atoms with E-state index >= 15 is 0 Å². The van der Waals surface area contributed by atoms with E-state index in [1.165, 1.54) is 0 Å². The largest absolute Gasteiger partial charge is 0.480 e. The second-order valence-electron chi connectivity index (χ2n) is 4.60. The second kappa shape index (κ2) is 7.57. The van der Waals surface area contributed by atoms with Gasteiger partial charge in [-0.1, -0.05) is 0 Å². The molecule has 0 aromatic rings. The number of carbonyl (C=O) groups is 3. The number of hydrogen-bond donors (Lipinski definition) is 4. The first-order valence-corrected chi connectivity index (χ1v) is 6.19. The van der Waals surface area contributed by atoms with Crippen molar-refractivity contribution in [2.75, 3.05) is 33.2 Å². The van der Waals surface area contributed by atoms with Crippen molar-refractivity contribution in [2.24, 2.45) is 0 Å². The van der Waals surface area contributed by atoms with Gasteiger partial charge in [0, 0.05) is 12.6 Å². The molecule has 8 nitrogen and oxygen atoms in total. The number of likely N-dealkylation sites (tertiary alicyclic amines) is 1. The van der Waals surface area contributed by atoms with Crippen LogP contribution >= 0.6 is 0 Å². The fourth-order valence-electron chi connectivity index (χ4n) is 1.92. The molecule has 1 heterocycles. The van der Waals surface area contributed by atoms with Crippen molar-refractivity contribution in [2.45, 2.75) is 18.9 Å². The van der Waals surface area contributed by atoms with Crippen molar-refractivity contribution in [1.82, 2.24) is 20.9 Å². The molecule has 8 heteroatoms. The van der Waals surface area contributed by atoms with Gasteiger partial charge in [0.15, 0.2) is 0 Å². The zero-order valence-electron chi connectivity index (χ0n) is 10.9. The average molecular weight is 272 g/mol. The van der Waals surface area contributed by atoms with Crippen LogP contribution in [0.4, 0.5) is 4.79 Å². The molecule has 108 valence electrons. The number of urea groups is 1. The van der Waals surface area contributed by atoms with Gasteiger partial charge in [-0.2, -0.15) is 0 Å². The Morgan fingerprint density at radius 3 is 2.63 bits per heavy atom. The lowest BCUT2D eigenvalue weighted by Gasteiger charge is -2.30. The number of amides is 3. The van der Waals surface area contributed by atoms with Crippen molar-refractivity contribution < 1.29 is 19.5 Å². The first-order chi connectivity index (χ1) is 8.97. The van der Waals surface area contributed by atoms with E-state index in [2.05, 4.69) is 20.9 Å². The minimum Gasteiger partial charge on any atom is -0.480 e. The standard InChI is InChI=1S/C11H20N4O4/c1-15-4-2-3-8(7-15)14-11(19)13-5-9(16)12-6-10(17)18/h8H,2-7H2,1H3,(H,12,16)(H,17,18)(H2,13,14,19). The molecule has 3 amide bonds. The van der Waals surface area contributed by atoms with Crippen molar-refractivity contribution in [3.05, 3.63) is 0 Å². The molecule has 0 aromatic carbocycles. The van der Waals surface area contributed by atoms with Gasteiger partial charge in [-0.05, 0) is 26.4 Å². The highest BCUT2D eigenvalue weighted by atomic mass is 16.4. The van der Waals surface area contributed by atoms with Gasteiger partial charge in [0.05, 0.1) is 6.54 Å². The number of carboxylic acid groups (broad SMARTS) is 1. The number of carboxylic acids is 1. The van der Waals surface area contributed by atoms with Crippen LogP contribution in [-0.2, 0) is 9.59 Å². The summed E-state index contributed by atoms with van der Waals surface area (Å²) in [6.07, 6.45) is 1.95. The predicted octanol–water partition coefficient (Wildman–Crippen LogP) is -1.42. The number of hydrogen-bond acceptors (Lipinski definition) is 4. The Morgan fingerprint density at radius 2 is 2.00 bits per heavy atom. The number of rotatable bonds is 5. The molecule has 4 N–H and O–H groups in total. The Hall–Kier alpha value is -1.83. The van der Waals surface area contributed by atoms with Gasteiger partial charge in [0.25, 0.3) is 0 Å². The summed E-state index contributed by atoms with van der Waals surface area (Å²) in [6, 6.07) is -0.327. The Morgan fingerprint density at radius 1 is 1.26 bits per heavy atom. The van der Waals surface area contributed by atoms with Gasteiger partial charge in [0.2, 0.25) is 5.91 Å². The van der Waals surface area contributed by atoms with Crippen molar-refractivity contribution in [3.8, 4) is 0 Å².